The van der Waals surface area contributed by atoms with Crippen LogP contribution in [0.25, 0.3) is 21.3 Å². The SMILES string of the molecule is O=C(On1cnc2scc(-c3ccc(F)c(Cl)c3)c2c1=O)N1CCCC1. The monoisotopic (exact) mass is 393 g/mol. The molecule has 1 saturated heterocycles. The molecule has 6 nitrogen and oxygen atoms in total. The fourth-order valence-electron chi connectivity index (χ4n) is 2.90. The molecule has 134 valence electrons. The van der Waals surface area contributed by atoms with E-state index in [1.54, 1.807) is 10.3 Å². The Morgan fingerprint density at radius 3 is 2.81 bits per heavy atom. The maximum atomic E-state index is 13.4. The molecular weight excluding hydrogens is 381 g/mol. The summed E-state index contributed by atoms with van der Waals surface area (Å²) in [6.07, 6.45) is 2.45. The number of halogens is 2. The van der Waals surface area contributed by atoms with Crippen LogP contribution in [0.4, 0.5) is 9.18 Å². The van der Waals surface area contributed by atoms with Gasteiger partial charge in [0.05, 0.1) is 10.4 Å². The van der Waals surface area contributed by atoms with Crippen LogP contribution in [-0.2, 0) is 0 Å². The molecule has 0 unspecified atom stereocenters. The van der Waals surface area contributed by atoms with Gasteiger partial charge in [-0.1, -0.05) is 17.7 Å². The van der Waals surface area contributed by atoms with E-state index in [2.05, 4.69) is 4.98 Å². The summed E-state index contributed by atoms with van der Waals surface area (Å²) in [6.45, 7) is 1.22. The van der Waals surface area contributed by atoms with E-state index in [9.17, 15) is 14.0 Å². The zero-order valence-electron chi connectivity index (χ0n) is 13.4. The van der Waals surface area contributed by atoms with Crippen molar-refractivity contribution in [1.29, 1.82) is 0 Å². The highest BCUT2D eigenvalue weighted by atomic mass is 35.5. The Kier molecular flexibility index (Phi) is 4.37. The number of carbonyl (C=O) groups is 1. The first kappa shape index (κ1) is 17.0. The van der Waals surface area contributed by atoms with Gasteiger partial charge in [0.1, 0.15) is 17.0 Å². The molecule has 26 heavy (non-hydrogen) atoms. The van der Waals surface area contributed by atoms with Crippen LogP contribution in [0.5, 0.6) is 0 Å². The highest BCUT2D eigenvalue weighted by Crippen LogP contribution is 2.32. The first-order valence-electron chi connectivity index (χ1n) is 7.96. The maximum absolute atomic E-state index is 13.4. The van der Waals surface area contributed by atoms with Gasteiger partial charge in [-0.15, -0.1) is 16.1 Å². The molecule has 1 fully saturated rings. The number of benzene rings is 1. The number of hydrogen-bond donors (Lipinski definition) is 0. The summed E-state index contributed by atoms with van der Waals surface area (Å²) < 4.78 is 14.3. The molecule has 2 aromatic heterocycles. The average molecular weight is 394 g/mol. The lowest BCUT2D eigenvalue weighted by molar-refractivity contribution is 0.0950. The Balaban J connectivity index is 1.75. The predicted molar refractivity (Wildman–Crippen MR) is 97.1 cm³/mol. The Labute approximate surface area is 156 Å². The highest BCUT2D eigenvalue weighted by molar-refractivity contribution is 7.17. The van der Waals surface area contributed by atoms with Gasteiger partial charge in [0.25, 0.3) is 5.56 Å². The molecule has 3 aromatic rings. The standard InChI is InChI=1S/C17H13ClFN3O3S/c18-12-7-10(3-4-13(12)19)11-8-26-15-14(11)16(23)22(9-20-15)25-17(24)21-5-1-2-6-21/h3-4,7-9H,1-2,5-6H2. The third kappa shape index (κ3) is 2.95. The molecule has 0 aliphatic carbocycles. The van der Waals surface area contributed by atoms with Crippen LogP contribution in [0.2, 0.25) is 5.02 Å². The third-order valence-corrected chi connectivity index (χ3v) is 5.41. The van der Waals surface area contributed by atoms with Gasteiger partial charge in [-0.2, -0.15) is 0 Å². The summed E-state index contributed by atoms with van der Waals surface area (Å²) in [5.41, 5.74) is 0.653. The van der Waals surface area contributed by atoms with Crippen LogP contribution < -0.4 is 10.4 Å². The van der Waals surface area contributed by atoms with Crippen molar-refractivity contribution in [2.45, 2.75) is 12.8 Å². The van der Waals surface area contributed by atoms with Crippen LogP contribution >= 0.6 is 22.9 Å². The summed E-state index contributed by atoms with van der Waals surface area (Å²) in [5.74, 6) is -0.537. The van der Waals surface area contributed by atoms with Crippen molar-refractivity contribution in [3.05, 3.63) is 51.1 Å². The van der Waals surface area contributed by atoms with E-state index in [0.717, 1.165) is 17.6 Å². The molecule has 1 aliphatic heterocycles. The summed E-state index contributed by atoms with van der Waals surface area (Å²) in [5, 5.41) is 2.01. The third-order valence-electron chi connectivity index (χ3n) is 4.24. The Bertz CT molecular complexity index is 1060. The number of rotatable bonds is 2. The minimum atomic E-state index is -0.577. The van der Waals surface area contributed by atoms with Crippen molar-refractivity contribution < 1.29 is 14.0 Å². The molecule has 0 radical (unpaired) electrons. The van der Waals surface area contributed by atoms with Gasteiger partial charge in [0.15, 0.2) is 0 Å². The van der Waals surface area contributed by atoms with E-state index in [-0.39, 0.29) is 5.02 Å². The lowest BCUT2D eigenvalue weighted by atomic mass is 10.1. The highest BCUT2D eigenvalue weighted by Gasteiger charge is 2.22. The number of aromatic nitrogens is 2. The second-order valence-corrected chi connectivity index (χ2v) is 7.15. The number of thiophene rings is 1. The minimum Gasteiger partial charge on any atom is -0.312 e. The molecular formula is C17H13ClFN3O3S. The van der Waals surface area contributed by atoms with Crippen LogP contribution in [-0.4, -0.2) is 33.8 Å². The molecule has 9 heteroatoms. The molecule has 1 aromatic carbocycles. The van der Waals surface area contributed by atoms with Gasteiger partial charge < -0.3 is 9.74 Å². The van der Waals surface area contributed by atoms with Crippen molar-refractivity contribution >= 4 is 39.2 Å². The van der Waals surface area contributed by atoms with Crippen molar-refractivity contribution in [1.82, 2.24) is 14.6 Å². The van der Waals surface area contributed by atoms with E-state index in [1.165, 1.54) is 35.9 Å². The molecule has 3 heterocycles. The zero-order chi connectivity index (χ0) is 18.3. The van der Waals surface area contributed by atoms with Crippen LogP contribution in [0, 0.1) is 5.82 Å². The second kappa shape index (κ2) is 6.69. The van der Waals surface area contributed by atoms with Gasteiger partial charge in [-0.25, -0.2) is 14.2 Å². The number of carbonyl (C=O) groups excluding carboxylic acids is 1. The Morgan fingerprint density at radius 2 is 2.08 bits per heavy atom. The smallest absolute Gasteiger partial charge is 0.312 e. The van der Waals surface area contributed by atoms with Gasteiger partial charge in [0, 0.05) is 24.0 Å². The first-order chi connectivity index (χ1) is 12.5. The molecule has 0 spiro atoms. The van der Waals surface area contributed by atoms with Gasteiger partial charge >= 0.3 is 6.09 Å². The van der Waals surface area contributed by atoms with Crippen LogP contribution in [0.1, 0.15) is 12.8 Å². The molecule has 0 N–H and O–H groups in total. The summed E-state index contributed by atoms with van der Waals surface area (Å²) in [4.78, 5) is 36.4. The van der Waals surface area contributed by atoms with Crippen molar-refractivity contribution in [3.8, 4) is 11.1 Å². The van der Waals surface area contributed by atoms with Crippen LogP contribution in [0.15, 0.2) is 34.7 Å². The molecule has 4 rings (SSSR count). The second-order valence-electron chi connectivity index (χ2n) is 5.89. The number of nitrogens with zero attached hydrogens (tertiary/aromatic N) is 3. The molecule has 0 atom stereocenters. The van der Waals surface area contributed by atoms with Gasteiger partial charge in [-0.3, -0.25) is 4.79 Å². The first-order valence-corrected chi connectivity index (χ1v) is 9.22. The number of amides is 1. The van der Waals surface area contributed by atoms with Gasteiger partial charge in [-0.05, 0) is 30.5 Å². The topological polar surface area (TPSA) is 64.4 Å². The Morgan fingerprint density at radius 1 is 1.31 bits per heavy atom. The summed E-state index contributed by atoms with van der Waals surface area (Å²) in [6, 6.07) is 4.23. The number of fused-ring (bicyclic) bond motifs is 1. The van der Waals surface area contributed by atoms with E-state index in [0.29, 0.717) is 34.4 Å². The average Bonchev–Trinajstić information content (AvgIpc) is 3.29. The lowest BCUT2D eigenvalue weighted by Crippen LogP contribution is -2.39. The lowest BCUT2D eigenvalue weighted by Gasteiger charge is -2.14. The summed E-state index contributed by atoms with van der Waals surface area (Å²) >= 11 is 7.12. The zero-order valence-corrected chi connectivity index (χ0v) is 15.0. The quantitative estimate of drug-likeness (QED) is 0.667. The van der Waals surface area contributed by atoms with Crippen LogP contribution in [0.3, 0.4) is 0 Å². The van der Waals surface area contributed by atoms with Gasteiger partial charge in [0.2, 0.25) is 0 Å². The molecule has 0 saturated carbocycles. The maximum Gasteiger partial charge on any atom is 0.434 e. The van der Waals surface area contributed by atoms with E-state index in [4.69, 9.17) is 16.4 Å². The molecule has 1 aliphatic rings. The normalized spacial score (nSPS) is 14.2. The van der Waals surface area contributed by atoms with E-state index < -0.39 is 17.5 Å². The van der Waals surface area contributed by atoms with Crippen molar-refractivity contribution in [3.63, 3.8) is 0 Å². The molecule has 1 amide bonds. The largest absolute Gasteiger partial charge is 0.434 e. The fraction of sp³-hybridized carbons (Fsp3) is 0.235. The number of hydrogen-bond acceptors (Lipinski definition) is 5. The summed E-state index contributed by atoms with van der Waals surface area (Å²) in [7, 11) is 0. The molecule has 0 bridgehead atoms. The number of likely N-dealkylation sites (tertiary alicyclic amines) is 1. The fourth-order valence-corrected chi connectivity index (χ4v) is 3.99. The van der Waals surface area contributed by atoms with Crippen molar-refractivity contribution in [2.24, 2.45) is 0 Å². The Hall–Kier alpha value is -2.45. The minimum absolute atomic E-state index is 0.0356. The predicted octanol–water partition coefficient (Wildman–Crippen LogP) is 3.56. The van der Waals surface area contributed by atoms with E-state index >= 15 is 0 Å². The van der Waals surface area contributed by atoms with Crippen molar-refractivity contribution in [2.75, 3.05) is 13.1 Å². The van der Waals surface area contributed by atoms with E-state index in [1.807, 2.05) is 0 Å².